The first kappa shape index (κ1) is 14.7. The zero-order chi connectivity index (χ0) is 15.2. The van der Waals surface area contributed by atoms with Crippen molar-refractivity contribution >= 4 is 11.8 Å². The van der Waals surface area contributed by atoms with E-state index >= 15 is 0 Å². The van der Waals surface area contributed by atoms with Gasteiger partial charge in [0.05, 0.1) is 6.04 Å². The highest BCUT2D eigenvalue weighted by Crippen LogP contribution is 2.10. The predicted octanol–water partition coefficient (Wildman–Crippen LogP) is 0.950. The zero-order valence-corrected chi connectivity index (χ0v) is 11.8. The van der Waals surface area contributed by atoms with Crippen molar-refractivity contribution in [3.8, 4) is 0 Å². The van der Waals surface area contributed by atoms with Crippen molar-refractivity contribution in [1.82, 2.24) is 5.32 Å². The van der Waals surface area contributed by atoms with Gasteiger partial charge in [0.2, 0.25) is 6.54 Å². The van der Waals surface area contributed by atoms with Crippen molar-refractivity contribution in [1.29, 1.82) is 0 Å². The molecular weight excluding hydrogens is 266 g/mol. The topological polar surface area (TPSA) is 76.1 Å². The molecule has 108 valence electrons. The van der Waals surface area contributed by atoms with Gasteiger partial charge >= 0.3 is 0 Å². The minimum atomic E-state index is -0.512. The minimum Gasteiger partial charge on any atom is -0.365 e. The van der Waals surface area contributed by atoms with Gasteiger partial charge in [0, 0.05) is 6.07 Å². The molecule has 0 aliphatic rings. The summed E-state index contributed by atoms with van der Waals surface area (Å²) < 4.78 is 1.63. The number of pyridine rings is 1. The van der Waals surface area contributed by atoms with E-state index in [1.54, 1.807) is 29.1 Å². The number of carbonyl (C=O) groups is 2. The Morgan fingerprint density at radius 2 is 1.90 bits per heavy atom. The van der Waals surface area contributed by atoms with E-state index in [1.807, 2.05) is 37.3 Å². The fourth-order valence-electron chi connectivity index (χ4n) is 2.04. The smallest absolute Gasteiger partial charge is 0.286 e. The molecule has 5 heteroatoms. The number of nitrogens with zero attached hydrogens (tertiary/aromatic N) is 1. The van der Waals surface area contributed by atoms with Crippen molar-refractivity contribution in [3.63, 3.8) is 0 Å². The maximum Gasteiger partial charge on any atom is 0.286 e. The molecular formula is C16H18N3O2+. The number of carbonyl (C=O) groups excluding carboxylic acids is 2. The van der Waals surface area contributed by atoms with Gasteiger partial charge in [0.25, 0.3) is 11.8 Å². The highest BCUT2D eigenvalue weighted by Gasteiger charge is 2.14. The summed E-state index contributed by atoms with van der Waals surface area (Å²) in [5.74, 6) is -0.639. The molecule has 2 amide bonds. The quantitative estimate of drug-likeness (QED) is 0.802. The molecule has 0 saturated heterocycles. The van der Waals surface area contributed by atoms with Crippen LogP contribution >= 0.6 is 0 Å². The minimum absolute atomic E-state index is 0.0707. The number of nitrogens with two attached hydrogens (primary N) is 1. The van der Waals surface area contributed by atoms with E-state index in [2.05, 4.69) is 5.32 Å². The Morgan fingerprint density at radius 3 is 2.57 bits per heavy atom. The molecule has 3 N–H and O–H groups in total. The molecule has 0 aliphatic carbocycles. The number of hydrogen-bond acceptors (Lipinski definition) is 2. The first-order valence-corrected chi connectivity index (χ1v) is 6.69. The Bertz CT molecular complexity index is 641. The van der Waals surface area contributed by atoms with Crippen LogP contribution in [0.2, 0.25) is 0 Å². The number of benzene rings is 1. The van der Waals surface area contributed by atoms with E-state index in [0.29, 0.717) is 5.56 Å². The van der Waals surface area contributed by atoms with Gasteiger partial charge in [-0.25, -0.2) is 0 Å². The van der Waals surface area contributed by atoms with Gasteiger partial charge in [-0.15, -0.1) is 0 Å². The number of primary amides is 1. The second kappa shape index (κ2) is 6.65. The lowest BCUT2D eigenvalue weighted by Crippen LogP contribution is -2.43. The lowest BCUT2D eigenvalue weighted by Gasteiger charge is -2.12. The van der Waals surface area contributed by atoms with E-state index in [4.69, 9.17) is 5.73 Å². The predicted molar refractivity (Wildman–Crippen MR) is 78.2 cm³/mol. The van der Waals surface area contributed by atoms with E-state index in [0.717, 1.165) is 5.56 Å². The van der Waals surface area contributed by atoms with Crippen LogP contribution in [0, 0.1) is 0 Å². The summed E-state index contributed by atoms with van der Waals surface area (Å²) >= 11 is 0. The van der Waals surface area contributed by atoms with Gasteiger partial charge < -0.3 is 11.1 Å². The third-order valence-electron chi connectivity index (χ3n) is 3.15. The summed E-state index contributed by atoms with van der Waals surface area (Å²) in [6, 6.07) is 13.0. The molecule has 21 heavy (non-hydrogen) atoms. The second-order valence-electron chi connectivity index (χ2n) is 4.83. The molecule has 0 unspecified atom stereocenters. The van der Waals surface area contributed by atoms with Crippen molar-refractivity contribution < 1.29 is 14.2 Å². The molecule has 2 rings (SSSR count). The van der Waals surface area contributed by atoms with Gasteiger partial charge in [-0.3, -0.25) is 9.59 Å². The Morgan fingerprint density at radius 1 is 1.19 bits per heavy atom. The fourth-order valence-corrected chi connectivity index (χ4v) is 2.04. The summed E-state index contributed by atoms with van der Waals surface area (Å²) in [6.07, 6.45) is 3.29. The third-order valence-corrected chi connectivity index (χ3v) is 3.15. The molecule has 1 aromatic carbocycles. The van der Waals surface area contributed by atoms with Crippen LogP contribution in [0.25, 0.3) is 0 Å². The highest BCUT2D eigenvalue weighted by molar-refractivity contribution is 5.92. The second-order valence-corrected chi connectivity index (χ2v) is 4.83. The first-order valence-electron chi connectivity index (χ1n) is 6.69. The first-order chi connectivity index (χ1) is 10.1. The van der Waals surface area contributed by atoms with E-state index in [1.165, 1.54) is 0 Å². The molecule has 1 aromatic heterocycles. The molecule has 5 nitrogen and oxygen atoms in total. The SMILES string of the molecule is C[C@H](NC(=O)C[n+]1cccc(C(N)=O)c1)c1ccccc1. The molecule has 0 saturated carbocycles. The van der Waals surface area contributed by atoms with Crippen LogP contribution in [-0.4, -0.2) is 11.8 Å². The number of nitrogens with one attached hydrogen (secondary N) is 1. The number of aromatic nitrogens is 1. The van der Waals surface area contributed by atoms with Crippen molar-refractivity contribution in [2.45, 2.75) is 19.5 Å². The summed E-state index contributed by atoms with van der Waals surface area (Å²) in [6.45, 7) is 2.07. The van der Waals surface area contributed by atoms with Gasteiger partial charge in [-0.05, 0) is 18.6 Å². The summed E-state index contributed by atoms with van der Waals surface area (Å²) in [4.78, 5) is 23.1. The lowest BCUT2D eigenvalue weighted by molar-refractivity contribution is -0.684. The van der Waals surface area contributed by atoms with Gasteiger partial charge in [-0.1, -0.05) is 30.3 Å². The Balaban J connectivity index is 1.99. The number of amides is 2. The lowest BCUT2D eigenvalue weighted by atomic mass is 10.1. The Labute approximate surface area is 123 Å². The standard InChI is InChI=1S/C16H17N3O2/c1-12(13-6-3-2-4-7-13)18-15(20)11-19-9-5-8-14(10-19)16(17)21/h2-10,12H,11H2,1H3,(H2-,17,18,20,21)/p+1/t12-/m0/s1. The average Bonchev–Trinajstić information content (AvgIpc) is 2.48. The normalized spacial score (nSPS) is 11.7. The van der Waals surface area contributed by atoms with Crippen molar-refractivity contribution in [2.24, 2.45) is 5.73 Å². The van der Waals surface area contributed by atoms with Crippen molar-refractivity contribution in [2.75, 3.05) is 0 Å². The van der Waals surface area contributed by atoms with Gasteiger partial charge in [0.1, 0.15) is 5.56 Å². The van der Waals surface area contributed by atoms with Gasteiger partial charge in [-0.2, -0.15) is 4.57 Å². The van der Waals surface area contributed by atoms with Crippen LogP contribution in [0.5, 0.6) is 0 Å². The van der Waals surface area contributed by atoms with Crippen molar-refractivity contribution in [3.05, 3.63) is 66.0 Å². The maximum absolute atomic E-state index is 12.0. The Hall–Kier alpha value is -2.69. The zero-order valence-electron chi connectivity index (χ0n) is 11.8. The highest BCUT2D eigenvalue weighted by atomic mass is 16.2. The fraction of sp³-hybridized carbons (Fsp3) is 0.188. The molecule has 0 aliphatic heterocycles. The molecule has 0 bridgehead atoms. The van der Waals surface area contributed by atoms with Crippen LogP contribution in [0.3, 0.4) is 0 Å². The monoisotopic (exact) mass is 284 g/mol. The van der Waals surface area contributed by atoms with Gasteiger partial charge in [0.15, 0.2) is 12.4 Å². The summed E-state index contributed by atoms with van der Waals surface area (Å²) in [5.41, 5.74) is 6.64. The van der Waals surface area contributed by atoms with Crippen LogP contribution in [0.4, 0.5) is 0 Å². The summed E-state index contributed by atoms with van der Waals surface area (Å²) in [5, 5.41) is 2.92. The molecule has 0 spiro atoms. The molecule has 1 heterocycles. The number of hydrogen-bond donors (Lipinski definition) is 2. The third kappa shape index (κ3) is 4.14. The maximum atomic E-state index is 12.0. The average molecular weight is 284 g/mol. The van der Waals surface area contributed by atoms with Crippen LogP contribution < -0.4 is 15.6 Å². The molecule has 1 atom stereocenters. The molecule has 2 aromatic rings. The van der Waals surface area contributed by atoms with E-state index in [9.17, 15) is 9.59 Å². The largest absolute Gasteiger partial charge is 0.365 e. The Kier molecular flexibility index (Phi) is 4.66. The van der Waals surface area contributed by atoms with E-state index in [-0.39, 0.29) is 18.5 Å². The van der Waals surface area contributed by atoms with Crippen LogP contribution in [0.1, 0.15) is 28.9 Å². The molecule has 0 fully saturated rings. The van der Waals surface area contributed by atoms with Crippen LogP contribution in [-0.2, 0) is 11.3 Å². The number of rotatable bonds is 5. The summed E-state index contributed by atoms with van der Waals surface area (Å²) in [7, 11) is 0. The van der Waals surface area contributed by atoms with Crippen LogP contribution in [0.15, 0.2) is 54.9 Å². The van der Waals surface area contributed by atoms with E-state index < -0.39 is 5.91 Å². The molecule has 0 radical (unpaired) electrons.